The first-order valence-corrected chi connectivity index (χ1v) is 10.1. The fraction of sp³-hybridized carbons (Fsp3) is 0.0833. The molecule has 33 heavy (non-hydrogen) atoms. The highest BCUT2D eigenvalue weighted by Gasteiger charge is 2.12. The number of carbonyl (C=O) groups is 2. The average Bonchev–Trinajstić information content (AvgIpc) is 2.84. The van der Waals surface area contributed by atoms with E-state index in [2.05, 4.69) is 20.8 Å². The van der Waals surface area contributed by atoms with E-state index in [9.17, 15) is 19.2 Å². The lowest BCUT2D eigenvalue weighted by Crippen LogP contribution is -2.33. The maximum Gasteiger partial charge on any atom is 0.272 e. The predicted octanol–water partition coefficient (Wildman–Crippen LogP) is 2.16. The van der Waals surface area contributed by atoms with Gasteiger partial charge in [-0.25, -0.2) is 0 Å². The molecule has 0 spiro atoms. The lowest BCUT2D eigenvalue weighted by Gasteiger charge is -2.10. The largest absolute Gasteiger partial charge is 0.489 e. The van der Waals surface area contributed by atoms with Gasteiger partial charge in [0.25, 0.3) is 17.0 Å². The predicted molar refractivity (Wildman–Crippen MR) is 123 cm³/mol. The lowest BCUT2D eigenvalue weighted by atomic mass is 10.1. The van der Waals surface area contributed by atoms with Crippen LogP contribution >= 0.6 is 0 Å². The first kappa shape index (κ1) is 21.6. The molecule has 166 valence electrons. The summed E-state index contributed by atoms with van der Waals surface area (Å²) in [5, 5.41) is 9.75. The van der Waals surface area contributed by atoms with E-state index in [0.29, 0.717) is 17.9 Å². The summed E-state index contributed by atoms with van der Waals surface area (Å²) in [7, 11) is 0. The molecule has 0 saturated carbocycles. The van der Waals surface area contributed by atoms with Crippen LogP contribution in [0.5, 0.6) is 5.75 Å². The Labute approximate surface area is 187 Å². The Hall–Kier alpha value is -4.66. The quantitative estimate of drug-likeness (QED) is 0.347. The van der Waals surface area contributed by atoms with Crippen molar-refractivity contribution < 1.29 is 14.3 Å². The zero-order chi connectivity index (χ0) is 23.2. The number of benzene rings is 3. The molecular weight excluding hydrogens is 424 g/mol. The van der Waals surface area contributed by atoms with E-state index in [-0.39, 0.29) is 23.0 Å². The van der Waals surface area contributed by atoms with Crippen molar-refractivity contribution in [1.82, 2.24) is 15.5 Å². The topological polar surface area (TPSA) is 133 Å². The normalized spacial score (nSPS) is 10.5. The van der Waals surface area contributed by atoms with E-state index in [0.717, 1.165) is 5.56 Å². The van der Waals surface area contributed by atoms with Crippen molar-refractivity contribution in [1.29, 1.82) is 0 Å². The molecule has 2 amide bonds. The molecule has 0 aliphatic carbocycles. The lowest BCUT2D eigenvalue weighted by molar-refractivity contribution is -0.115. The number of aromatic amines is 2. The average molecular weight is 444 g/mol. The number of nitrogens with one attached hydrogen (secondary N) is 4. The van der Waals surface area contributed by atoms with Crippen LogP contribution in [-0.2, 0) is 11.4 Å². The molecule has 9 nitrogen and oxygen atoms in total. The molecule has 0 unspecified atom stereocenters. The third kappa shape index (κ3) is 5.16. The van der Waals surface area contributed by atoms with Crippen molar-refractivity contribution in [2.45, 2.75) is 6.61 Å². The van der Waals surface area contributed by atoms with Crippen molar-refractivity contribution in [2.75, 3.05) is 11.9 Å². The van der Waals surface area contributed by atoms with E-state index >= 15 is 0 Å². The smallest absolute Gasteiger partial charge is 0.272 e. The second-order valence-corrected chi connectivity index (χ2v) is 7.17. The van der Waals surface area contributed by atoms with Crippen LogP contribution in [0.4, 0.5) is 5.69 Å². The number of fused-ring (bicyclic) bond motifs is 1. The molecule has 0 aliphatic heterocycles. The van der Waals surface area contributed by atoms with Gasteiger partial charge in [-0.15, -0.1) is 0 Å². The Bertz CT molecular complexity index is 1410. The number of aromatic nitrogens is 2. The summed E-state index contributed by atoms with van der Waals surface area (Å²) in [6, 6.07) is 20.8. The Balaban J connectivity index is 1.34. The Morgan fingerprint density at radius 2 is 1.55 bits per heavy atom. The van der Waals surface area contributed by atoms with Crippen LogP contribution in [0.25, 0.3) is 10.8 Å². The summed E-state index contributed by atoms with van der Waals surface area (Å²) < 4.78 is 5.70. The highest BCUT2D eigenvalue weighted by Crippen LogP contribution is 2.17. The van der Waals surface area contributed by atoms with Gasteiger partial charge in [-0.3, -0.25) is 29.4 Å². The summed E-state index contributed by atoms with van der Waals surface area (Å²) >= 11 is 0. The third-order valence-electron chi connectivity index (χ3n) is 4.87. The van der Waals surface area contributed by atoms with Crippen molar-refractivity contribution in [2.24, 2.45) is 0 Å². The number of hydrogen-bond acceptors (Lipinski definition) is 5. The molecule has 3 aromatic carbocycles. The highest BCUT2D eigenvalue weighted by atomic mass is 16.5. The number of ether oxygens (including phenoxy) is 1. The zero-order valence-corrected chi connectivity index (χ0v) is 17.4. The van der Waals surface area contributed by atoms with Crippen molar-refractivity contribution in [3.63, 3.8) is 0 Å². The first-order chi connectivity index (χ1) is 16.0. The van der Waals surface area contributed by atoms with Crippen LogP contribution in [0.15, 0.2) is 82.4 Å². The number of carbonyl (C=O) groups excluding carboxylic acids is 2. The number of rotatable bonds is 7. The molecule has 0 aliphatic rings. The van der Waals surface area contributed by atoms with Crippen LogP contribution < -0.4 is 26.5 Å². The van der Waals surface area contributed by atoms with Crippen LogP contribution in [0.1, 0.15) is 15.9 Å². The van der Waals surface area contributed by atoms with E-state index in [4.69, 9.17) is 4.74 Å². The second-order valence-electron chi connectivity index (χ2n) is 7.17. The van der Waals surface area contributed by atoms with Gasteiger partial charge < -0.3 is 15.4 Å². The van der Waals surface area contributed by atoms with Crippen LogP contribution in [-0.4, -0.2) is 28.6 Å². The van der Waals surface area contributed by atoms with Gasteiger partial charge in [-0.2, -0.15) is 0 Å². The number of H-pyrrole nitrogens is 2. The van der Waals surface area contributed by atoms with Gasteiger partial charge in [0.2, 0.25) is 5.91 Å². The summed E-state index contributed by atoms with van der Waals surface area (Å²) in [6.07, 6.45) is 0. The zero-order valence-electron chi connectivity index (χ0n) is 17.4. The number of amides is 2. The molecule has 0 saturated heterocycles. The summed E-state index contributed by atoms with van der Waals surface area (Å²) in [5.41, 5.74) is 0.550. The molecule has 4 aromatic rings. The maximum atomic E-state index is 12.4. The summed E-state index contributed by atoms with van der Waals surface area (Å²) in [6.45, 7) is 0.0952. The molecule has 0 bridgehead atoms. The standard InChI is InChI=1S/C24H20N4O5/c29-20(26-19-8-4-7-18-21(19)24(32)28-27-23(18)31)13-25-22(30)16-9-11-17(12-10-16)33-14-15-5-2-1-3-6-15/h1-12H,13-14H2,(H,25,30)(H,26,29)(H,27,31)(H,28,32). The first-order valence-electron chi connectivity index (χ1n) is 10.1. The molecule has 1 aromatic heterocycles. The Morgan fingerprint density at radius 3 is 2.30 bits per heavy atom. The highest BCUT2D eigenvalue weighted by molar-refractivity contribution is 6.04. The molecule has 4 rings (SSSR count). The molecule has 9 heteroatoms. The minimum absolute atomic E-state index is 0.0621. The third-order valence-corrected chi connectivity index (χ3v) is 4.87. The van der Waals surface area contributed by atoms with E-state index in [1.54, 1.807) is 30.3 Å². The molecule has 1 heterocycles. The van der Waals surface area contributed by atoms with Gasteiger partial charge in [0.1, 0.15) is 12.4 Å². The van der Waals surface area contributed by atoms with Crippen molar-refractivity contribution in [3.05, 3.63) is 105 Å². The van der Waals surface area contributed by atoms with Crippen molar-refractivity contribution in [3.8, 4) is 5.75 Å². The minimum Gasteiger partial charge on any atom is -0.489 e. The van der Waals surface area contributed by atoms with E-state index < -0.39 is 22.9 Å². The summed E-state index contributed by atoms with van der Waals surface area (Å²) in [4.78, 5) is 48.6. The van der Waals surface area contributed by atoms with Crippen LogP contribution in [0, 0.1) is 0 Å². The van der Waals surface area contributed by atoms with Gasteiger partial charge in [0.15, 0.2) is 0 Å². The van der Waals surface area contributed by atoms with Gasteiger partial charge >= 0.3 is 0 Å². The van der Waals surface area contributed by atoms with Crippen LogP contribution in [0.3, 0.4) is 0 Å². The molecule has 0 fully saturated rings. The summed E-state index contributed by atoms with van der Waals surface area (Å²) in [5.74, 6) is -0.366. The van der Waals surface area contributed by atoms with Gasteiger partial charge in [-0.1, -0.05) is 36.4 Å². The molecule has 0 atom stereocenters. The Morgan fingerprint density at radius 1 is 0.818 bits per heavy atom. The Kier molecular flexibility index (Phi) is 6.31. The monoisotopic (exact) mass is 444 g/mol. The van der Waals surface area contributed by atoms with Gasteiger partial charge in [-0.05, 0) is 42.0 Å². The SMILES string of the molecule is O=C(CNC(=O)c1ccc(OCc2ccccc2)cc1)Nc1cccc2c(=O)[nH][nH]c(=O)c12. The minimum atomic E-state index is -0.543. The second kappa shape index (κ2) is 9.65. The fourth-order valence-electron chi connectivity index (χ4n) is 3.23. The van der Waals surface area contributed by atoms with Crippen LogP contribution in [0.2, 0.25) is 0 Å². The fourth-order valence-corrected chi connectivity index (χ4v) is 3.23. The number of anilines is 1. The maximum absolute atomic E-state index is 12.4. The molecule has 0 radical (unpaired) electrons. The molecule has 4 N–H and O–H groups in total. The van der Waals surface area contributed by atoms with Gasteiger partial charge in [0.05, 0.1) is 23.0 Å². The van der Waals surface area contributed by atoms with Crippen molar-refractivity contribution >= 4 is 28.3 Å². The van der Waals surface area contributed by atoms with Gasteiger partial charge in [0, 0.05) is 5.56 Å². The number of hydrogen-bond donors (Lipinski definition) is 4. The van der Waals surface area contributed by atoms with E-state index in [1.807, 2.05) is 30.3 Å². The van der Waals surface area contributed by atoms with E-state index in [1.165, 1.54) is 12.1 Å². The molecular formula is C24H20N4O5.